The largest absolute Gasteiger partial charge is 0.481 e. The van der Waals surface area contributed by atoms with Gasteiger partial charge in [0.05, 0.1) is 0 Å². The predicted molar refractivity (Wildman–Crippen MR) is 144 cm³/mol. The van der Waals surface area contributed by atoms with E-state index < -0.39 is 5.97 Å². The van der Waals surface area contributed by atoms with E-state index >= 15 is 0 Å². The third-order valence-electron chi connectivity index (χ3n) is 7.13. The normalized spacial score (nSPS) is 13.0. The van der Waals surface area contributed by atoms with Crippen LogP contribution in [0.25, 0.3) is 0 Å². The van der Waals surface area contributed by atoms with E-state index in [1.54, 1.807) is 0 Å². The quantitative estimate of drug-likeness (QED) is 0.0984. The van der Waals surface area contributed by atoms with Crippen LogP contribution in [0.2, 0.25) is 0 Å². The van der Waals surface area contributed by atoms with Crippen LogP contribution in [0.3, 0.4) is 0 Å². The average Bonchev–Trinajstić information content (AvgIpc) is 2.81. The van der Waals surface area contributed by atoms with Crippen LogP contribution in [0.1, 0.15) is 168 Å². The summed E-state index contributed by atoms with van der Waals surface area (Å²) in [5.41, 5.74) is 0. The fraction of sp³-hybridized carbons (Fsp3) is 0.933. The maximum atomic E-state index is 12.6. The van der Waals surface area contributed by atoms with Crippen LogP contribution < -0.4 is 0 Å². The van der Waals surface area contributed by atoms with E-state index in [0.717, 1.165) is 51.4 Å². The van der Waals surface area contributed by atoms with Gasteiger partial charge in [-0.25, -0.2) is 0 Å². The van der Waals surface area contributed by atoms with E-state index in [1.807, 2.05) is 0 Å². The van der Waals surface area contributed by atoms with Gasteiger partial charge in [-0.3, -0.25) is 9.59 Å². The van der Waals surface area contributed by atoms with E-state index in [4.69, 9.17) is 9.84 Å². The van der Waals surface area contributed by atoms with Gasteiger partial charge in [-0.15, -0.1) is 0 Å². The Morgan fingerprint density at radius 2 is 1.06 bits per heavy atom. The van der Waals surface area contributed by atoms with Gasteiger partial charge in [0.15, 0.2) is 0 Å². The number of ether oxygens (including phenoxy) is 1. The van der Waals surface area contributed by atoms with Crippen molar-refractivity contribution in [2.45, 2.75) is 175 Å². The molecule has 0 aliphatic carbocycles. The van der Waals surface area contributed by atoms with E-state index in [9.17, 15) is 9.59 Å². The smallest absolute Gasteiger partial charge is 0.306 e. The van der Waals surface area contributed by atoms with Gasteiger partial charge in [-0.05, 0) is 44.4 Å². The zero-order valence-corrected chi connectivity index (χ0v) is 23.1. The van der Waals surface area contributed by atoms with Gasteiger partial charge in [0.1, 0.15) is 6.10 Å². The minimum Gasteiger partial charge on any atom is -0.481 e. The number of carbonyl (C=O) groups excluding carboxylic acids is 1. The molecular weight excluding hydrogens is 424 g/mol. The molecule has 202 valence electrons. The molecule has 4 nitrogen and oxygen atoms in total. The molecule has 0 aromatic heterocycles. The van der Waals surface area contributed by atoms with Crippen molar-refractivity contribution in [3.05, 3.63) is 0 Å². The third-order valence-corrected chi connectivity index (χ3v) is 7.13. The molecule has 1 N–H and O–H groups in total. The van der Waals surface area contributed by atoms with Crippen LogP contribution in [0.5, 0.6) is 0 Å². The molecule has 4 heteroatoms. The van der Waals surface area contributed by atoms with Crippen LogP contribution >= 0.6 is 0 Å². The molecule has 0 fully saturated rings. The summed E-state index contributed by atoms with van der Waals surface area (Å²) in [6, 6.07) is 0. The molecule has 0 aliphatic rings. The van der Waals surface area contributed by atoms with E-state index in [1.165, 1.54) is 83.5 Å². The molecule has 0 aliphatic heterocycles. The highest BCUT2D eigenvalue weighted by atomic mass is 16.5. The Kier molecular flexibility index (Phi) is 24.3. The second-order valence-electron chi connectivity index (χ2n) is 10.3. The Morgan fingerprint density at radius 3 is 1.56 bits per heavy atom. The number of hydrogen-bond donors (Lipinski definition) is 1. The van der Waals surface area contributed by atoms with Crippen molar-refractivity contribution >= 4 is 11.9 Å². The number of hydrogen-bond acceptors (Lipinski definition) is 3. The first-order chi connectivity index (χ1) is 16.5. The summed E-state index contributed by atoms with van der Waals surface area (Å²) in [4.78, 5) is 23.1. The monoisotopic (exact) mass is 482 g/mol. The second kappa shape index (κ2) is 25.0. The molecule has 0 aromatic rings. The third kappa shape index (κ3) is 21.5. The van der Waals surface area contributed by atoms with Gasteiger partial charge in [0.2, 0.25) is 0 Å². The van der Waals surface area contributed by atoms with Gasteiger partial charge in [-0.1, -0.05) is 117 Å². The zero-order chi connectivity index (χ0) is 25.3. The molecule has 0 spiro atoms. The molecule has 0 heterocycles. The number of carbonyl (C=O) groups is 2. The molecule has 2 unspecified atom stereocenters. The summed E-state index contributed by atoms with van der Waals surface area (Å²) in [6.45, 7) is 6.75. The Hall–Kier alpha value is -1.06. The molecule has 0 amide bonds. The lowest BCUT2D eigenvalue weighted by Gasteiger charge is -2.26. The topological polar surface area (TPSA) is 63.6 Å². The number of esters is 1. The molecular formula is C30H58O4. The predicted octanol–water partition coefficient (Wildman–Crippen LogP) is 9.63. The minimum atomic E-state index is -0.692. The first-order valence-electron chi connectivity index (χ1n) is 15.0. The van der Waals surface area contributed by atoms with Crippen LogP contribution in [0, 0.1) is 5.92 Å². The number of carboxylic acids is 1. The maximum Gasteiger partial charge on any atom is 0.306 e. The minimum absolute atomic E-state index is 0.00758. The SMILES string of the molecule is CCCCCCCCCCC(OC(=O)CCCCCCCCCCC(=O)O)C(CC)CCCC. The standard InChI is InChI=1S/C30H58O4/c1-4-7-9-10-11-14-17-20-24-28(27(6-3)23-8-5-2)34-30(33)26-22-19-16-13-12-15-18-21-25-29(31)32/h27-28H,4-26H2,1-3H3,(H,31,32). The molecule has 2 atom stereocenters. The highest BCUT2D eigenvalue weighted by molar-refractivity contribution is 5.69. The molecule has 0 bridgehead atoms. The van der Waals surface area contributed by atoms with Crippen molar-refractivity contribution in [1.29, 1.82) is 0 Å². The second-order valence-corrected chi connectivity index (χ2v) is 10.3. The summed E-state index contributed by atoms with van der Waals surface area (Å²) in [5.74, 6) is -0.176. The highest BCUT2D eigenvalue weighted by Crippen LogP contribution is 2.25. The average molecular weight is 483 g/mol. The van der Waals surface area contributed by atoms with Crippen molar-refractivity contribution < 1.29 is 19.4 Å². The van der Waals surface area contributed by atoms with E-state index in [2.05, 4.69) is 20.8 Å². The van der Waals surface area contributed by atoms with Gasteiger partial charge in [0.25, 0.3) is 0 Å². The molecule has 0 saturated heterocycles. The number of rotatable bonds is 26. The fourth-order valence-electron chi connectivity index (χ4n) is 4.82. The number of carboxylic acid groups (broad SMARTS) is 1. The summed E-state index contributed by atoms with van der Waals surface area (Å²) in [7, 11) is 0. The highest BCUT2D eigenvalue weighted by Gasteiger charge is 2.23. The van der Waals surface area contributed by atoms with Crippen molar-refractivity contribution in [2.24, 2.45) is 5.92 Å². The Bertz CT molecular complexity index is 463. The lowest BCUT2D eigenvalue weighted by Crippen LogP contribution is -2.27. The summed E-state index contributed by atoms with van der Waals surface area (Å²) in [6.07, 6.45) is 25.6. The van der Waals surface area contributed by atoms with Crippen LogP contribution in [0.15, 0.2) is 0 Å². The van der Waals surface area contributed by atoms with Crippen LogP contribution in [-0.2, 0) is 14.3 Å². The molecule has 34 heavy (non-hydrogen) atoms. The molecule has 0 radical (unpaired) electrons. The molecule has 0 saturated carbocycles. The molecule has 0 rings (SSSR count). The van der Waals surface area contributed by atoms with Gasteiger partial charge in [0, 0.05) is 12.8 Å². The van der Waals surface area contributed by atoms with Crippen molar-refractivity contribution in [1.82, 2.24) is 0 Å². The van der Waals surface area contributed by atoms with Gasteiger partial charge >= 0.3 is 11.9 Å². The maximum absolute atomic E-state index is 12.6. The van der Waals surface area contributed by atoms with Crippen molar-refractivity contribution in [2.75, 3.05) is 0 Å². The van der Waals surface area contributed by atoms with E-state index in [-0.39, 0.29) is 12.1 Å². The van der Waals surface area contributed by atoms with Crippen molar-refractivity contribution in [3.63, 3.8) is 0 Å². The Morgan fingerprint density at radius 1 is 0.588 bits per heavy atom. The lowest BCUT2D eigenvalue weighted by molar-refractivity contribution is -0.153. The number of aliphatic carboxylic acids is 1. The Labute approximate surface area is 212 Å². The van der Waals surface area contributed by atoms with E-state index in [0.29, 0.717) is 18.8 Å². The first kappa shape index (κ1) is 32.9. The summed E-state index contributed by atoms with van der Waals surface area (Å²) >= 11 is 0. The summed E-state index contributed by atoms with van der Waals surface area (Å²) in [5, 5.41) is 8.65. The van der Waals surface area contributed by atoms with Gasteiger partial charge in [-0.2, -0.15) is 0 Å². The fourth-order valence-corrected chi connectivity index (χ4v) is 4.82. The number of unbranched alkanes of at least 4 members (excludes halogenated alkanes) is 15. The Balaban J connectivity index is 4.10. The lowest BCUT2D eigenvalue weighted by atomic mass is 9.90. The summed E-state index contributed by atoms with van der Waals surface area (Å²) < 4.78 is 6.06. The van der Waals surface area contributed by atoms with Crippen LogP contribution in [-0.4, -0.2) is 23.1 Å². The van der Waals surface area contributed by atoms with Crippen LogP contribution in [0.4, 0.5) is 0 Å². The first-order valence-corrected chi connectivity index (χ1v) is 15.0. The van der Waals surface area contributed by atoms with Gasteiger partial charge < -0.3 is 9.84 Å². The zero-order valence-electron chi connectivity index (χ0n) is 23.1. The van der Waals surface area contributed by atoms with Crippen molar-refractivity contribution in [3.8, 4) is 0 Å². The molecule has 0 aromatic carbocycles.